The molecule has 0 saturated heterocycles. The number of hydrogen-bond acceptors (Lipinski definition) is 4. The topological polar surface area (TPSA) is 64.7 Å². The van der Waals surface area contributed by atoms with E-state index in [1.54, 1.807) is 23.1 Å². The van der Waals surface area contributed by atoms with Crippen LogP contribution in [0.15, 0.2) is 48.0 Å². The van der Waals surface area contributed by atoms with Gasteiger partial charge >= 0.3 is 0 Å². The van der Waals surface area contributed by atoms with Gasteiger partial charge < -0.3 is 5.32 Å². The first kappa shape index (κ1) is 18.5. The van der Waals surface area contributed by atoms with Gasteiger partial charge in [0.15, 0.2) is 5.16 Å². The Hall–Kier alpha value is -2.25. The summed E-state index contributed by atoms with van der Waals surface area (Å²) >= 11 is 7.59. The molecule has 0 saturated carbocycles. The van der Waals surface area contributed by atoms with E-state index in [-0.39, 0.29) is 17.7 Å². The van der Waals surface area contributed by atoms with Crippen LogP contribution in [-0.4, -0.2) is 31.0 Å². The van der Waals surface area contributed by atoms with Crippen molar-refractivity contribution in [3.8, 4) is 5.69 Å². The number of aromatic nitrogens is 4. The quantitative estimate of drug-likeness (QED) is 0.637. The SMILES string of the molecule is Cc1c(Cl)cccc1-n1ccnc1SCC(=O)Nc1ccnn1C(C)C. The van der Waals surface area contributed by atoms with Crippen molar-refractivity contribution in [1.29, 1.82) is 0 Å². The molecule has 2 heterocycles. The smallest absolute Gasteiger partial charge is 0.235 e. The molecule has 1 N–H and O–H groups in total. The van der Waals surface area contributed by atoms with Crippen LogP contribution in [0.3, 0.4) is 0 Å². The van der Waals surface area contributed by atoms with Gasteiger partial charge in [-0.3, -0.25) is 9.36 Å². The lowest BCUT2D eigenvalue weighted by molar-refractivity contribution is -0.113. The van der Waals surface area contributed by atoms with Gasteiger partial charge in [0.1, 0.15) is 5.82 Å². The Morgan fingerprint density at radius 3 is 2.88 bits per heavy atom. The molecule has 6 nitrogen and oxygen atoms in total. The van der Waals surface area contributed by atoms with Gasteiger partial charge in [0.25, 0.3) is 0 Å². The molecule has 26 heavy (non-hydrogen) atoms. The molecule has 0 aliphatic rings. The highest BCUT2D eigenvalue weighted by atomic mass is 35.5. The Morgan fingerprint density at radius 2 is 2.12 bits per heavy atom. The third-order valence-electron chi connectivity index (χ3n) is 3.86. The number of carbonyl (C=O) groups is 1. The average molecular weight is 390 g/mol. The highest BCUT2D eigenvalue weighted by Crippen LogP contribution is 2.26. The Balaban J connectivity index is 1.69. The van der Waals surface area contributed by atoms with Crippen LogP contribution < -0.4 is 5.32 Å². The predicted molar refractivity (Wildman–Crippen MR) is 105 cm³/mol. The number of carbonyl (C=O) groups excluding carboxylic acids is 1. The molecule has 0 atom stereocenters. The lowest BCUT2D eigenvalue weighted by Crippen LogP contribution is -2.18. The number of benzene rings is 1. The standard InChI is InChI=1S/C18H20ClN5OS/c1-12(2)24-16(7-8-21-24)22-17(25)11-26-18-20-9-10-23(18)15-6-4-5-14(19)13(15)3/h4-10,12H,11H2,1-3H3,(H,22,25). The maximum absolute atomic E-state index is 12.3. The van der Waals surface area contributed by atoms with Crippen molar-refractivity contribution in [2.45, 2.75) is 32.0 Å². The second-order valence-corrected chi connectivity index (χ2v) is 7.41. The Bertz CT molecular complexity index is 918. The van der Waals surface area contributed by atoms with E-state index >= 15 is 0 Å². The Kier molecular flexibility index (Phi) is 5.68. The molecule has 3 rings (SSSR count). The van der Waals surface area contributed by atoms with Crippen LogP contribution in [-0.2, 0) is 4.79 Å². The number of amides is 1. The van der Waals surface area contributed by atoms with Crippen molar-refractivity contribution in [1.82, 2.24) is 19.3 Å². The largest absolute Gasteiger partial charge is 0.310 e. The van der Waals surface area contributed by atoms with Gasteiger partial charge in [-0.2, -0.15) is 5.10 Å². The van der Waals surface area contributed by atoms with E-state index < -0.39 is 0 Å². The van der Waals surface area contributed by atoms with Crippen LogP contribution >= 0.6 is 23.4 Å². The van der Waals surface area contributed by atoms with E-state index in [0.717, 1.165) is 16.4 Å². The van der Waals surface area contributed by atoms with Gasteiger partial charge in [-0.05, 0) is 38.5 Å². The van der Waals surface area contributed by atoms with Crippen molar-refractivity contribution in [3.63, 3.8) is 0 Å². The zero-order valence-corrected chi connectivity index (χ0v) is 16.4. The van der Waals surface area contributed by atoms with Crippen molar-refractivity contribution >= 4 is 35.1 Å². The van der Waals surface area contributed by atoms with Crippen molar-refractivity contribution in [2.24, 2.45) is 0 Å². The molecule has 2 aromatic heterocycles. The molecule has 0 bridgehead atoms. The lowest BCUT2D eigenvalue weighted by Gasteiger charge is -2.13. The fraction of sp³-hybridized carbons (Fsp3) is 0.278. The molecule has 0 unspecified atom stereocenters. The predicted octanol–water partition coefficient (Wildman–Crippen LogP) is 4.34. The number of imidazole rings is 1. The fourth-order valence-electron chi connectivity index (χ4n) is 2.57. The molecule has 0 aliphatic carbocycles. The zero-order valence-electron chi connectivity index (χ0n) is 14.8. The minimum atomic E-state index is -0.102. The van der Waals surface area contributed by atoms with Crippen LogP contribution in [0.25, 0.3) is 5.69 Å². The summed E-state index contributed by atoms with van der Waals surface area (Å²) in [5.41, 5.74) is 1.93. The summed E-state index contributed by atoms with van der Waals surface area (Å²) in [6.07, 6.45) is 5.26. The zero-order chi connectivity index (χ0) is 18.7. The van der Waals surface area contributed by atoms with Crippen molar-refractivity contribution in [2.75, 3.05) is 11.1 Å². The number of nitrogens with one attached hydrogen (secondary N) is 1. The molecule has 0 aliphatic heterocycles. The molecule has 136 valence electrons. The molecule has 0 spiro atoms. The van der Waals surface area contributed by atoms with Gasteiger partial charge in [-0.15, -0.1) is 0 Å². The minimum absolute atomic E-state index is 0.102. The maximum atomic E-state index is 12.3. The summed E-state index contributed by atoms with van der Waals surface area (Å²) in [7, 11) is 0. The summed E-state index contributed by atoms with van der Waals surface area (Å²) in [6.45, 7) is 6.00. The molecule has 1 amide bonds. The van der Waals surface area contributed by atoms with Crippen molar-refractivity contribution in [3.05, 3.63) is 53.4 Å². The number of anilines is 1. The van der Waals surface area contributed by atoms with E-state index in [2.05, 4.69) is 15.4 Å². The molecule has 1 aromatic carbocycles. The second-order valence-electron chi connectivity index (χ2n) is 6.06. The lowest BCUT2D eigenvalue weighted by atomic mass is 10.2. The molecule has 3 aromatic rings. The van der Waals surface area contributed by atoms with Crippen LogP contribution in [0, 0.1) is 6.92 Å². The minimum Gasteiger partial charge on any atom is -0.310 e. The van der Waals surface area contributed by atoms with Crippen LogP contribution in [0.4, 0.5) is 5.82 Å². The highest BCUT2D eigenvalue weighted by molar-refractivity contribution is 7.99. The number of rotatable bonds is 6. The molecular weight excluding hydrogens is 370 g/mol. The average Bonchev–Trinajstić information content (AvgIpc) is 3.24. The van der Waals surface area contributed by atoms with Crippen LogP contribution in [0.2, 0.25) is 5.02 Å². The van der Waals surface area contributed by atoms with Crippen molar-refractivity contribution < 1.29 is 4.79 Å². The fourth-order valence-corrected chi connectivity index (χ4v) is 3.51. The Labute approximate surface area is 161 Å². The van der Waals surface area contributed by atoms with Gasteiger partial charge in [-0.1, -0.05) is 29.4 Å². The number of thioether (sulfide) groups is 1. The van der Waals surface area contributed by atoms with E-state index in [1.807, 2.05) is 49.7 Å². The molecule has 0 radical (unpaired) electrons. The molecular formula is C18H20ClN5OS. The number of halogens is 1. The van der Waals surface area contributed by atoms with E-state index in [4.69, 9.17) is 11.6 Å². The van der Waals surface area contributed by atoms with Gasteiger partial charge in [0.2, 0.25) is 5.91 Å². The first-order chi connectivity index (χ1) is 12.5. The van der Waals surface area contributed by atoms with Crippen LogP contribution in [0.5, 0.6) is 0 Å². The molecule has 0 fully saturated rings. The highest BCUT2D eigenvalue weighted by Gasteiger charge is 2.13. The third kappa shape index (κ3) is 3.94. The number of nitrogens with zero attached hydrogens (tertiary/aromatic N) is 4. The normalized spacial score (nSPS) is 11.1. The summed E-state index contributed by atoms with van der Waals surface area (Å²) in [5, 5.41) is 8.55. The summed E-state index contributed by atoms with van der Waals surface area (Å²) in [4.78, 5) is 16.7. The molecule has 8 heteroatoms. The second kappa shape index (κ2) is 7.97. The maximum Gasteiger partial charge on any atom is 0.235 e. The van der Waals surface area contributed by atoms with Gasteiger partial charge in [-0.25, -0.2) is 9.67 Å². The van der Waals surface area contributed by atoms with E-state index in [9.17, 15) is 4.79 Å². The number of hydrogen-bond donors (Lipinski definition) is 1. The Morgan fingerprint density at radius 1 is 1.31 bits per heavy atom. The summed E-state index contributed by atoms with van der Waals surface area (Å²) in [5.74, 6) is 0.842. The first-order valence-electron chi connectivity index (χ1n) is 8.22. The van der Waals surface area contributed by atoms with E-state index in [0.29, 0.717) is 10.8 Å². The van der Waals surface area contributed by atoms with E-state index in [1.165, 1.54) is 11.8 Å². The first-order valence-corrected chi connectivity index (χ1v) is 9.58. The third-order valence-corrected chi connectivity index (χ3v) is 5.24. The van der Waals surface area contributed by atoms with Gasteiger partial charge in [0.05, 0.1) is 17.6 Å². The monoisotopic (exact) mass is 389 g/mol. The summed E-state index contributed by atoms with van der Waals surface area (Å²) in [6, 6.07) is 7.71. The summed E-state index contributed by atoms with van der Waals surface area (Å²) < 4.78 is 3.72. The van der Waals surface area contributed by atoms with Gasteiger partial charge in [0, 0.05) is 29.5 Å². The van der Waals surface area contributed by atoms with Crippen LogP contribution in [0.1, 0.15) is 25.5 Å².